The highest BCUT2D eigenvalue weighted by molar-refractivity contribution is 7.07. The van der Waals surface area contributed by atoms with Gasteiger partial charge in [0.1, 0.15) is 0 Å². The second kappa shape index (κ2) is 7.29. The highest BCUT2D eigenvalue weighted by Crippen LogP contribution is 2.30. The zero-order chi connectivity index (χ0) is 20.7. The third-order valence-corrected chi connectivity index (χ3v) is 6.09. The lowest BCUT2D eigenvalue weighted by atomic mass is 9.96. The van der Waals surface area contributed by atoms with Crippen molar-refractivity contribution in [3.63, 3.8) is 0 Å². The molecule has 7 nitrogen and oxygen atoms in total. The predicted octanol–water partition coefficient (Wildman–Crippen LogP) is 1.45. The molecular weight excluding hydrogens is 388 g/mol. The van der Waals surface area contributed by atoms with Crippen LogP contribution >= 0.6 is 11.3 Å². The van der Waals surface area contributed by atoms with Crippen LogP contribution in [0, 0.1) is 6.92 Å². The molecule has 0 spiro atoms. The maximum absolute atomic E-state index is 13.4. The molecule has 0 radical (unpaired) electrons. The lowest BCUT2D eigenvalue weighted by Gasteiger charge is -2.24. The monoisotopic (exact) mass is 408 g/mol. The molecule has 0 fully saturated rings. The lowest BCUT2D eigenvalue weighted by Crippen LogP contribution is -2.39. The number of hydrogen-bond donors (Lipinski definition) is 0. The quantitative estimate of drug-likeness (QED) is 0.615. The van der Waals surface area contributed by atoms with Crippen molar-refractivity contribution >= 4 is 23.4 Å². The summed E-state index contributed by atoms with van der Waals surface area (Å²) in [7, 11) is 3.19. The minimum Gasteiger partial charge on any atom is -0.466 e. The maximum Gasteiger partial charge on any atom is 0.338 e. The van der Waals surface area contributed by atoms with Gasteiger partial charge in [0.25, 0.3) is 5.56 Å². The Morgan fingerprint density at radius 3 is 2.59 bits per heavy atom. The average molecular weight is 408 g/mol. The molecule has 1 atom stereocenters. The SMILES string of the molecule is COC(=O)C1=C(C)N=c2s/c(=C/c3cnn(C)c3C)c(=O)n2[C@@H]1c1ccccc1. The summed E-state index contributed by atoms with van der Waals surface area (Å²) < 4.78 is 8.88. The molecule has 0 aliphatic carbocycles. The third kappa shape index (κ3) is 3.15. The molecule has 0 unspecified atom stereocenters. The molecule has 3 heterocycles. The van der Waals surface area contributed by atoms with Gasteiger partial charge in [0.05, 0.1) is 35.2 Å². The number of aryl methyl sites for hydroxylation is 1. The number of allylic oxidation sites excluding steroid dienone is 1. The molecule has 8 heteroatoms. The minimum absolute atomic E-state index is 0.195. The van der Waals surface area contributed by atoms with Gasteiger partial charge in [-0.15, -0.1) is 0 Å². The molecule has 4 rings (SSSR count). The van der Waals surface area contributed by atoms with Crippen molar-refractivity contribution in [3.8, 4) is 0 Å². The van der Waals surface area contributed by atoms with Crippen LogP contribution in [0.2, 0.25) is 0 Å². The van der Waals surface area contributed by atoms with Crippen LogP contribution in [0.1, 0.15) is 29.8 Å². The van der Waals surface area contributed by atoms with E-state index in [2.05, 4.69) is 10.1 Å². The van der Waals surface area contributed by atoms with Gasteiger partial charge in [0.15, 0.2) is 4.80 Å². The van der Waals surface area contributed by atoms with Gasteiger partial charge >= 0.3 is 5.97 Å². The summed E-state index contributed by atoms with van der Waals surface area (Å²) in [6, 6.07) is 8.87. The predicted molar refractivity (Wildman–Crippen MR) is 110 cm³/mol. The van der Waals surface area contributed by atoms with Gasteiger partial charge in [-0.05, 0) is 25.5 Å². The van der Waals surface area contributed by atoms with E-state index >= 15 is 0 Å². The Morgan fingerprint density at radius 1 is 1.24 bits per heavy atom. The van der Waals surface area contributed by atoms with E-state index in [4.69, 9.17) is 4.74 Å². The Labute approximate surface area is 170 Å². The van der Waals surface area contributed by atoms with E-state index in [1.54, 1.807) is 22.4 Å². The van der Waals surface area contributed by atoms with Gasteiger partial charge in [-0.1, -0.05) is 41.7 Å². The van der Waals surface area contributed by atoms with Crippen LogP contribution in [0.25, 0.3) is 6.08 Å². The van der Waals surface area contributed by atoms with Crippen LogP contribution in [-0.2, 0) is 16.6 Å². The van der Waals surface area contributed by atoms with Crippen molar-refractivity contribution < 1.29 is 9.53 Å². The zero-order valence-corrected chi connectivity index (χ0v) is 17.4. The van der Waals surface area contributed by atoms with Gasteiger partial charge < -0.3 is 4.74 Å². The van der Waals surface area contributed by atoms with Crippen LogP contribution in [0.5, 0.6) is 0 Å². The van der Waals surface area contributed by atoms with Gasteiger partial charge in [-0.2, -0.15) is 5.10 Å². The number of carbonyl (C=O) groups is 1. The molecule has 1 aliphatic rings. The van der Waals surface area contributed by atoms with Gasteiger partial charge in [-0.25, -0.2) is 9.79 Å². The fourth-order valence-corrected chi connectivity index (χ4v) is 4.48. The summed E-state index contributed by atoms with van der Waals surface area (Å²) in [4.78, 5) is 31.0. The lowest BCUT2D eigenvalue weighted by molar-refractivity contribution is -0.136. The first-order chi connectivity index (χ1) is 13.9. The summed E-state index contributed by atoms with van der Waals surface area (Å²) >= 11 is 1.30. The molecule has 0 N–H and O–H groups in total. The Morgan fingerprint density at radius 2 is 1.97 bits per heavy atom. The number of carbonyl (C=O) groups excluding carboxylic acids is 1. The largest absolute Gasteiger partial charge is 0.466 e. The fourth-order valence-electron chi connectivity index (χ4n) is 3.44. The van der Waals surface area contributed by atoms with Crippen molar-refractivity contribution in [1.82, 2.24) is 14.3 Å². The number of benzene rings is 1. The molecule has 1 aliphatic heterocycles. The van der Waals surface area contributed by atoms with Crippen LogP contribution in [0.4, 0.5) is 0 Å². The normalized spacial score (nSPS) is 16.6. The number of fused-ring (bicyclic) bond motifs is 1. The minimum atomic E-state index is -0.586. The van der Waals surface area contributed by atoms with Gasteiger partial charge in [0.2, 0.25) is 0 Å². The topological polar surface area (TPSA) is 78.5 Å². The van der Waals surface area contributed by atoms with E-state index in [0.717, 1.165) is 16.8 Å². The molecule has 29 heavy (non-hydrogen) atoms. The van der Waals surface area contributed by atoms with Gasteiger partial charge in [0, 0.05) is 18.3 Å². The number of rotatable bonds is 3. The molecular formula is C21H20N4O3S. The molecule has 3 aromatic rings. The second-order valence-corrected chi connectivity index (χ2v) is 7.80. The van der Waals surface area contributed by atoms with E-state index in [0.29, 0.717) is 20.6 Å². The highest BCUT2D eigenvalue weighted by atomic mass is 32.1. The number of ether oxygens (including phenoxy) is 1. The van der Waals surface area contributed by atoms with E-state index < -0.39 is 12.0 Å². The van der Waals surface area contributed by atoms with Crippen LogP contribution in [0.3, 0.4) is 0 Å². The molecule has 1 aromatic carbocycles. The Hall–Kier alpha value is -3.26. The highest BCUT2D eigenvalue weighted by Gasteiger charge is 2.32. The van der Waals surface area contributed by atoms with Crippen LogP contribution < -0.4 is 14.9 Å². The average Bonchev–Trinajstić information content (AvgIpc) is 3.20. The number of thiazole rings is 1. The Kier molecular flexibility index (Phi) is 4.79. The molecule has 148 valence electrons. The molecule has 0 saturated heterocycles. The number of aromatic nitrogens is 3. The van der Waals surface area contributed by atoms with E-state index in [1.165, 1.54) is 18.4 Å². The maximum atomic E-state index is 13.4. The molecule has 0 amide bonds. The van der Waals surface area contributed by atoms with Crippen molar-refractivity contribution in [1.29, 1.82) is 0 Å². The summed E-state index contributed by atoms with van der Waals surface area (Å²) in [6.07, 6.45) is 3.55. The van der Waals surface area contributed by atoms with Crippen LogP contribution in [0.15, 0.2) is 57.6 Å². The Balaban J connectivity index is 2.00. The summed E-state index contributed by atoms with van der Waals surface area (Å²) in [5.74, 6) is -0.488. The molecule has 0 saturated carbocycles. The zero-order valence-electron chi connectivity index (χ0n) is 16.5. The fraction of sp³-hybridized carbons (Fsp3) is 0.238. The molecule has 2 aromatic heterocycles. The van der Waals surface area contributed by atoms with Crippen molar-refractivity contribution in [2.75, 3.05) is 7.11 Å². The smallest absolute Gasteiger partial charge is 0.338 e. The number of esters is 1. The van der Waals surface area contributed by atoms with E-state index in [-0.39, 0.29) is 5.56 Å². The first kappa shape index (κ1) is 19.1. The first-order valence-corrected chi connectivity index (χ1v) is 9.88. The summed E-state index contributed by atoms with van der Waals surface area (Å²) in [5.41, 5.74) is 3.39. The second-order valence-electron chi connectivity index (χ2n) is 6.79. The van der Waals surface area contributed by atoms with Crippen molar-refractivity contribution in [2.45, 2.75) is 19.9 Å². The summed E-state index contributed by atoms with van der Waals surface area (Å²) in [5, 5.41) is 4.23. The molecule has 0 bridgehead atoms. The van der Waals surface area contributed by atoms with Crippen LogP contribution in [-0.4, -0.2) is 27.4 Å². The third-order valence-electron chi connectivity index (χ3n) is 5.10. The Bertz CT molecular complexity index is 1310. The number of methoxy groups -OCH3 is 1. The van der Waals surface area contributed by atoms with Crippen molar-refractivity contribution in [3.05, 3.63) is 84.3 Å². The van der Waals surface area contributed by atoms with Crippen molar-refractivity contribution in [2.24, 2.45) is 12.0 Å². The number of hydrogen-bond acceptors (Lipinski definition) is 6. The standard InChI is InChI=1S/C21H20N4O3S/c1-12-17(20(27)28-4)18(14-8-6-5-7-9-14)25-19(26)16(29-21(25)23-12)10-15-11-22-24(3)13(15)2/h5-11,18H,1-4H3/b16-10+/t18-/m1/s1. The summed E-state index contributed by atoms with van der Waals surface area (Å²) in [6.45, 7) is 3.72. The van der Waals surface area contributed by atoms with E-state index in [1.807, 2.05) is 50.4 Å². The number of nitrogens with zero attached hydrogens (tertiary/aromatic N) is 4. The first-order valence-electron chi connectivity index (χ1n) is 9.06. The van der Waals surface area contributed by atoms with Gasteiger partial charge in [-0.3, -0.25) is 14.0 Å². The van der Waals surface area contributed by atoms with E-state index in [9.17, 15) is 9.59 Å².